The van der Waals surface area contributed by atoms with E-state index in [1.165, 1.54) is 9.75 Å². The standard InChI is InChI=1S/C16H17N3O2S2/c17-9-16(15(20)21)10-18(7-13-3-1-5-22-13)12-19(11-16)8-14-4-2-6-23-14/h1-6H,7-8,10-12H2,(H,20,21). The van der Waals surface area contributed by atoms with E-state index in [-0.39, 0.29) is 13.1 Å². The van der Waals surface area contributed by atoms with Gasteiger partial charge in [-0.15, -0.1) is 22.7 Å². The van der Waals surface area contributed by atoms with Gasteiger partial charge in [0.05, 0.1) is 12.7 Å². The average molecular weight is 347 g/mol. The van der Waals surface area contributed by atoms with Crippen LogP contribution >= 0.6 is 22.7 Å². The first-order valence-corrected chi connectivity index (χ1v) is 9.01. The summed E-state index contributed by atoms with van der Waals surface area (Å²) in [4.78, 5) is 18.2. The zero-order valence-corrected chi connectivity index (χ0v) is 14.1. The third kappa shape index (κ3) is 3.62. The molecule has 0 bridgehead atoms. The molecule has 1 aliphatic rings. The summed E-state index contributed by atoms with van der Waals surface area (Å²) in [7, 11) is 0. The Kier molecular flexibility index (Phi) is 4.78. The Balaban J connectivity index is 1.80. The zero-order chi connectivity index (χ0) is 16.3. The summed E-state index contributed by atoms with van der Waals surface area (Å²) < 4.78 is 0. The fraction of sp³-hybridized carbons (Fsp3) is 0.375. The first-order valence-electron chi connectivity index (χ1n) is 7.25. The SMILES string of the molecule is N#CC1(C(=O)O)CN(Cc2cccs2)CN(Cc2cccs2)C1. The van der Waals surface area contributed by atoms with Gasteiger partial charge < -0.3 is 5.11 Å². The largest absolute Gasteiger partial charge is 0.480 e. The van der Waals surface area contributed by atoms with E-state index in [1.54, 1.807) is 22.7 Å². The van der Waals surface area contributed by atoms with Crippen LogP contribution < -0.4 is 0 Å². The minimum absolute atomic E-state index is 0.262. The van der Waals surface area contributed by atoms with Crippen LogP contribution in [0.4, 0.5) is 0 Å². The van der Waals surface area contributed by atoms with Crippen molar-refractivity contribution < 1.29 is 9.90 Å². The van der Waals surface area contributed by atoms with Crippen molar-refractivity contribution in [3.63, 3.8) is 0 Å². The van der Waals surface area contributed by atoms with Crippen LogP contribution in [0, 0.1) is 16.7 Å². The molecule has 1 fully saturated rings. The maximum atomic E-state index is 11.7. The molecular formula is C16H17N3O2S2. The summed E-state index contributed by atoms with van der Waals surface area (Å²) in [6.07, 6.45) is 0. The van der Waals surface area contributed by atoms with E-state index in [4.69, 9.17) is 0 Å². The highest BCUT2D eigenvalue weighted by atomic mass is 32.1. The van der Waals surface area contributed by atoms with Gasteiger partial charge in [-0.3, -0.25) is 14.6 Å². The van der Waals surface area contributed by atoms with Crippen LogP contribution in [0.15, 0.2) is 35.0 Å². The Hall–Kier alpha value is -1.72. The number of nitrogens with zero attached hydrogens (tertiary/aromatic N) is 3. The van der Waals surface area contributed by atoms with Crippen LogP contribution in [0.25, 0.3) is 0 Å². The lowest BCUT2D eigenvalue weighted by molar-refractivity contribution is -0.151. The van der Waals surface area contributed by atoms with Gasteiger partial charge in [0, 0.05) is 35.9 Å². The molecule has 0 radical (unpaired) electrons. The number of hydrogen-bond donors (Lipinski definition) is 1. The van der Waals surface area contributed by atoms with Crippen molar-refractivity contribution in [2.75, 3.05) is 19.8 Å². The third-order valence-corrected chi connectivity index (χ3v) is 5.65. The van der Waals surface area contributed by atoms with E-state index in [1.807, 2.05) is 35.0 Å². The molecule has 3 rings (SSSR count). The van der Waals surface area contributed by atoms with Crippen LogP contribution in [-0.4, -0.2) is 40.6 Å². The quantitative estimate of drug-likeness (QED) is 0.901. The minimum Gasteiger partial charge on any atom is -0.480 e. The molecule has 0 aliphatic carbocycles. The Morgan fingerprint density at radius 1 is 1.17 bits per heavy atom. The van der Waals surface area contributed by atoms with Crippen LogP contribution in [0.2, 0.25) is 0 Å². The van der Waals surface area contributed by atoms with Gasteiger partial charge in [0.25, 0.3) is 0 Å². The van der Waals surface area contributed by atoms with E-state index >= 15 is 0 Å². The predicted molar refractivity (Wildman–Crippen MR) is 90.0 cm³/mol. The minimum atomic E-state index is -1.37. The van der Waals surface area contributed by atoms with Gasteiger partial charge in [0.15, 0.2) is 5.41 Å². The summed E-state index contributed by atoms with van der Waals surface area (Å²) in [5, 5.41) is 23.1. The van der Waals surface area contributed by atoms with Crippen LogP contribution in [0.5, 0.6) is 0 Å². The van der Waals surface area contributed by atoms with Gasteiger partial charge in [-0.2, -0.15) is 5.26 Å². The Morgan fingerprint density at radius 3 is 2.04 bits per heavy atom. The van der Waals surface area contributed by atoms with E-state index < -0.39 is 11.4 Å². The molecule has 7 heteroatoms. The first kappa shape index (κ1) is 16.1. The number of thiophene rings is 2. The van der Waals surface area contributed by atoms with Gasteiger partial charge in [0.1, 0.15) is 0 Å². The lowest BCUT2D eigenvalue weighted by Crippen LogP contribution is -2.57. The van der Waals surface area contributed by atoms with Gasteiger partial charge in [0.2, 0.25) is 0 Å². The Morgan fingerprint density at radius 2 is 1.70 bits per heavy atom. The lowest BCUT2D eigenvalue weighted by Gasteiger charge is -2.42. The van der Waals surface area contributed by atoms with Crippen LogP contribution in [-0.2, 0) is 17.9 Å². The van der Waals surface area contributed by atoms with Crippen molar-refractivity contribution in [3.8, 4) is 6.07 Å². The summed E-state index contributed by atoms with van der Waals surface area (Å²) in [6.45, 7) is 2.55. The molecule has 120 valence electrons. The monoisotopic (exact) mass is 347 g/mol. The molecule has 1 aliphatic heterocycles. The topological polar surface area (TPSA) is 67.6 Å². The number of aliphatic carboxylic acids is 1. The van der Waals surface area contributed by atoms with E-state index in [9.17, 15) is 15.2 Å². The normalized spacial score (nSPS) is 18.6. The highest BCUT2D eigenvalue weighted by molar-refractivity contribution is 7.10. The first-order chi connectivity index (χ1) is 11.1. The van der Waals surface area contributed by atoms with Gasteiger partial charge in [-0.25, -0.2) is 0 Å². The van der Waals surface area contributed by atoms with Crippen molar-refractivity contribution in [2.45, 2.75) is 13.1 Å². The molecule has 0 saturated carbocycles. The highest BCUT2D eigenvalue weighted by Crippen LogP contribution is 2.28. The molecule has 0 amide bonds. The Labute approximate surface area is 143 Å². The number of carboxylic acids is 1. The summed E-state index contributed by atoms with van der Waals surface area (Å²) in [6, 6.07) is 10.1. The van der Waals surface area contributed by atoms with Crippen molar-refractivity contribution in [3.05, 3.63) is 44.8 Å². The average Bonchev–Trinajstić information content (AvgIpc) is 3.20. The molecule has 1 saturated heterocycles. The number of rotatable bonds is 5. The van der Waals surface area contributed by atoms with Crippen molar-refractivity contribution in [2.24, 2.45) is 5.41 Å². The predicted octanol–water partition coefficient (Wildman–Crippen LogP) is 2.68. The number of hydrogen-bond acceptors (Lipinski definition) is 6. The summed E-state index contributed by atoms with van der Waals surface area (Å²) >= 11 is 3.30. The lowest BCUT2D eigenvalue weighted by atomic mass is 9.87. The Bertz CT molecular complexity index is 647. The zero-order valence-electron chi connectivity index (χ0n) is 12.5. The van der Waals surface area contributed by atoms with Crippen LogP contribution in [0.3, 0.4) is 0 Å². The van der Waals surface area contributed by atoms with Gasteiger partial charge in [-0.1, -0.05) is 12.1 Å². The maximum Gasteiger partial charge on any atom is 0.326 e. The molecule has 5 nitrogen and oxygen atoms in total. The van der Waals surface area contributed by atoms with Crippen molar-refractivity contribution >= 4 is 28.6 Å². The third-order valence-electron chi connectivity index (χ3n) is 3.93. The molecular weight excluding hydrogens is 330 g/mol. The molecule has 23 heavy (non-hydrogen) atoms. The molecule has 0 spiro atoms. The van der Waals surface area contributed by atoms with E-state index in [0.717, 1.165) is 0 Å². The molecule has 3 heterocycles. The van der Waals surface area contributed by atoms with Crippen molar-refractivity contribution in [1.29, 1.82) is 5.26 Å². The molecule has 2 aromatic heterocycles. The van der Waals surface area contributed by atoms with Crippen molar-refractivity contribution in [1.82, 2.24) is 9.80 Å². The summed E-state index contributed by atoms with van der Waals surface area (Å²) in [5.74, 6) is -1.04. The molecule has 0 atom stereocenters. The maximum absolute atomic E-state index is 11.7. The second-order valence-electron chi connectivity index (χ2n) is 5.77. The second-order valence-corrected chi connectivity index (χ2v) is 7.84. The smallest absolute Gasteiger partial charge is 0.326 e. The number of carbonyl (C=O) groups is 1. The molecule has 2 aromatic rings. The number of nitriles is 1. The fourth-order valence-electron chi connectivity index (χ4n) is 2.91. The second kappa shape index (κ2) is 6.81. The molecule has 1 N–H and O–H groups in total. The van der Waals surface area contributed by atoms with E-state index in [2.05, 4.69) is 15.9 Å². The highest BCUT2D eigenvalue weighted by Gasteiger charge is 2.45. The summed E-state index contributed by atoms with van der Waals surface area (Å²) in [5.41, 5.74) is -1.37. The van der Waals surface area contributed by atoms with E-state index in [0.29, 0.717) is 19.8 Å². The van der Waals surface area contributed by atoms with Gasteiger partial charge >= 0.3 is 5.97 Å². The number of carboxylic acid groups (broad SMARTS) is 1. The molecule has 0 aromatic carbocycles. The van der Waals surface area contributed by atoms with Gasteiger partial charge in [-0.05, 0) is 22.9 Å². The fourth-order valence-corrected chi connectivity index (χ4v) is 4.40. The van der Waals surface area contributed by atoms with Crippen LogP contribution in [0.1, 0.15) is 9.75 Å². The molecule has 0 unspecified atom stereocenters.